The van der Waals surface area contributed by atoms with Crippen LogP contribution >= 0.6 is 23.1 Å². The molecule has 5 rings (SSSR count). The maximum Gasteiger partial charge on any atom is 0.277 e. The van der Waals surface area contributed by atoms with Gasteiger partial charge in [0.05, 0.1) is 10.1 Å². The number of nitrogens with zero attached hydrogens (tertiary/aromatic N) is 2. The van der Waals surface area contributed by atoms with E-state index in [1.165, 1.54) is 28.6 Å². The molecule has 0 fully saturated rings. The van der Waals surface area contributed by atoms with Crippen LogP contribution in [0.15, 0.2) is 33.9 Å². The monoisotopic (exact) mass is 457 g/mol. The molecule has 1 N–H and O–H groups in total. The summed E-state index contributed by atoms with van der Waals surface area (Å²) < 4.78 is 16.5. The Morgan fingerprint density at radius 3 is 3.06 bits per heavy atom. The normalized spacial score (nSPS) is 17.9. The Hall–Kier alpha value is -2.52. The molecule has 162 valence electrons. The van der Waals surface area contributed by atoms with Crippen molar-refractivity contribution >= 4 is 29.0 Å². The highest BCUT2D eigenvalue weighted by Crippen LogP contribution is 2.37. The molecular formula is C22H23N3O4S2. The second-order valence-corrected chi connectivity index (χ2v) is 10.4. The Kier molecular flexibility index (Phi) is 5.62. The average Bonchev–Trinajstić information content (AvgIpc) is 3.50. The second kappa shape index (κ2) is 8.55. The Bertz CT molecular complexity index is 1110. The fourth-order valence-electron chi connectivity index (χ4n) is 3.76. The molecule has 2 aromatic heterocycles. The van der Waals surface area contributed by atoms with E-state index in [1.54, 1.807) is 11.3 Å². The number of fused-ring (bicyclic) bond motifs is 2. The molecule has 1 amide bonds. The molecule has 1 aliphatic carbocycles. The highest BCUT2D eigenvalue weighted by atomic mass is 32.2. The lowest BCUT2D eigenvalue weighted by Gasteiger charge is -2.16. The highest BCUT2D eigenvalue weighted by molar-refractivity contribution is 8.00. The third-order valence-electron chi connectivity index (χ3n) is 5.50. The first-order chi connectivity index (χ1) is 15.0. The van der Waals surface area contributed by atoms with Gasteiger partial charge in [0.15, 0.2) is 11.5 Å². The number of ether oxygens (including phenoxy) is 2. The van der Waals surface area contributed by atoms with E-state index in [9.17, 15) is 4.79 Å². The molecule has 3 aromatic rings. The minimum absolute atomic E-state index is 0.0945. The number of amides is 1. The number of rotatable bonds is 6. The van der Waals surface area contributed by atoms with E-state index in [-0.39, 0.29) is 18.0 Å². The fraction of sp³-hybridized carbons (Fsp3) is 0.409. The summed E-state index contributed by atoms with van der Waals surface area (Å²) >= 11 is 3.00. The van der Waals surface area contributed by atoms with Crippen LogP contribution < -0.4 is 14.8 Å². The lowest BCUT2D eigenvalue weighted by Crippen LogP contribution is -2.30. The quantitative estimate of drug-likeness (QED) is 0.547. The Morgan fingerprint density at radius 2 is 2.16 bits per heavy atom. The van der Waals surface area contributed by atoms with Crippen molar-refractivity contribution < 1.29 is 18.7 Å². The van der Waals surface area contributed by atoms with Crippen LogP contribution in [0.1, 0.15) is 36.3 Å². The van der Waals surface area contributed by atoms with Gasteiger partial charge in [0, 0.05) is 11.4 Å². The standard InChI is InChI=1S/C22H23N3O4S2/c1-12-3-6-18-15(7-12)9-19(31-18)21-24-25-22(29-21)30-13(2)20(26)23-10-14-4-5-16-17(8-14)28-11-27-16/h4-5,8-9,12-13H,3,6-7,10-11H2,1-2H3,(H,23,26)/t12-,13+/m0/s1. The molecule has 3 heterocycles. The molecule has 0 radical (unpaired) electrons. The van der Waals surface area contributed by atoms with Crippen LogP contribution in [0, 0.1) is 5.92 Å². The molecule has 1 aliphatic heterocycles. The van der Waals surface area contributed by atoms with Gasteiger partial charge < -0.3 is 19.2 Å². The number of thiophene rings is 1. The first-order valence-corrected chi connectivity index (χ1v) is 12.0. The van der Waals surface area contributed by atoms with Crippen LogP contribution in [0.3, 0.4) is 0 Å². The molecule has 0 saturated carbocycles. The van der Waals surface area contributed by atoms with Crippen molar-refractivity contribution in [2.24, 2.45) is 5.92 Å². The third kappa shape index (κ3) is 4.43. The van der Waals surface area contributed by atoms with Crippen LogP contribution in [-0.4, -0.2) is 28.1 Å². The van der Waals surface area contributed by atoms with Crippen molar-refractivity contribution in [2.75, 3.05) is 6.79 Å². The first kappa shape index (κ1) is 20.4. The second-order valence-electron chi connectivity index (χ2n) is 7.95. The van der Waals surface area contributed by atoms with E-state index in [1.807, 2.05) is 25.1 Å². The summed E-state index contributed by atoms with van der Waals surface area (Å²) in [6.07, 6.45) is 3.47. The van der Waals surface area contributed by atoms with Gasteiger partial charge in [-0.25, -0.2) is 0 Å². The Labute approximate surface area is 188 Å². The molecule has 9 heteroatoms. The molecule has 2 atom stereocenters. The van der Waals surface area contributed by atoms with Gasteiger partial charge in [0.25, 0.3) is 11.1 Å². The Morgan fingerprint density at radius 1 is 1.29 bits per heavy atom. The number of hydrogen-bond acceptors (Lipinski definition) is 8. The van der Waals surface area contributed by atoms with Crippen molar-refractivity contribution in [3.05, 3.63) is 40.3 Å². The van der Waals surface area contributed by atoms with Crippen LogP contribution in [-0.2, 0) is 24.2 Å². The van der Waals surface area contributed by atoms with Crippen LogP contribution in [0.4, 0.5) is 0 Å². The summed E-state index contributed by atoms with van der Waals surface area (Å²) in [5.41, 5.74) is 2.35. The topological polar surface area (TPSA) is 86.5 Å². The van der Waals surface area contributed by atoms with E-state index >= 15 is 0 Å². The van der Waals surface area contributed by atoms with E-state index in [0.29, 0.717) is 23.4 Å². The first-order valence-electron chi connectivity index (χ1n) is 10.3. The SMILES string of the molecule is C[C@H]1CCc2sc(-c3nnc(S[C@H](C)C(=O)NCc4ccc5c(c4)OCO5)o3)cc2C1. The largest absolute Gasteiger partial charge is 0.454 e. The number of aryl methyl sites for hydroxylation is 1. The van der Waals surface area contributed by atoms with Crippen molar-refractivity contribution in [2.45, 2.75) is 50.1 Å². The summed E-state index contributed by atoms with van der Waals surface area (Å²) in [7, 11) is 0. The molecule has 0 bridgehead atoms. The molecule has 1 aromatic carbocycles. The van der Waals surface area contributed by atoms with E-state index in [2.05, 4.69) is 28.5 Å². The average molecular weight is 458 g/mol. The Balaban J connectivity index is 1.18. The summed E-state index contributed by atoms with van der Waals surface area (Å²) in [4.78, 5) is 15.0. The molecule has 31 heavy (non-hydrogen) atoms. The molecule has 2 aliphatic rings. The van der Waals surface area contributed by atoms with Crippen LogP contribution in [0.5, 0.6) is 11.5 Å². The zero-order valence-corrected chi connectivity index (χ0v) is 19.0. The number of carbonyl (C=O) groups is 1. The van der Waals surface area contributed by atoms with E-state index < -0.39 is 0 Å². The number of benzene rings is 1. The lowest BCUT2D eigenvalue weighted by molar-refractivity contribution is -0.120. The number of hydrogen-bond donors (Lipinski definition) is 1. The van der Waals surface area contributed by atoms with E-state index in [0.717, 1.165) is 34.9 Å². The third-order valence-corrected chi connectivity index (χ3v) is 7.66. The van der Waals surface area contributed by atoms with Gasteiger partial charge in [0.2, 0.25) is 12.7 Å². The van der Waals surface area contributed by atoms with Gasteiger partial charge in [-0.15, -0.1) is 21.5 Å². The van der Waals surface area contributed by atoms with E-state index in [4.69, 9.17) is 13.9 Å². The van der Waals surface area contributed by atoms with Gasteiger partial charge in [-0.3, -0.25) is 4.79 Å². The minimum Gasteiger partial charge on any atom is -0.454 e. The summed E-state index contributed by atoms with van der Waals surface area (Å²) in [6, 6.07) is 7.83. The number of nitrogens with one attached hydrogen (secondary N) is 1. The summed E-state index contributed by atoms with van der Waals surface area (Å²) in [5, 5.41) is 11.3. The van der Waals surface area contributed by atoms with Gasteiger partial charge >= 0.3 is 0 Å². The molecule has 7 nitrogen and oxygen atoms in total. The summed E-state index contributed by atoms with van der Waals surface area (Å²) in [5.74, 6) is 2.59. The van der Waals surface area contributed by atoms with Crippen molar-refractivity contribution in [1.82, 2.24) is 15.5 Å². The zero-order chi connectivity index (χ0) is 21.4. The smallest absolute Gasteiger partial charge is 0.277 e. The molecular weight excluding hydrogens is 434 g/mol. The van der Waals surface area contributed by atoms with Crippen molar-refractivity contribution in [3.63, 3.8) is 0 Å². The van der Waals surface area contributed by atoms with Gasteiger partial charge in [-0.1, -0.05) is 24.8 Å². The van der Waals surface area contributed by atoms with Gasteiger partial charge in [-0.2, -0.15) is 0 Å². The van der Waals surface area contributed by atoms with Crippen LogP contribution in [0.2, 0.25) is 0 Å². The van der Waals surface area contributed by atoms with Gasteiger partial charge in [-0.05, 0) is 61.4 Å². The maximum absolute atomic E-state index is 12.5. The number of carbonyl (C=O) groups excluding carboxylic acids is 1. The van der Waals surface area contributed by atoms with Crippen molar-refractivity contribution in [3.8, 4) is 22.3 Å². The fourth-order valence-corrected chi connectivity index (χ4v) is 5.59. The molecule has 0 spiro atoms. The number of thioether (sulfide) groups is 1. The minimum atomic E-state index is -0.361. The molecule has 0 saturated heterocycles. The highest BCUT2D eigenvalue weighted by Gasteiger charge is 2.23. The van der Waals surface area contributed by atoms with Gasteiger partial charge in [0.1, 0.15) is 0 Å². The molecule has 0 unspecified atom stereocenters. The lowest BCUT2D eigenvalue weighted by atomic mass is 9.90. The van der Waals surface area contributed by atoms with Crippen molar-refractivity contribution in [1.29, 1.82) is 0 Å². The zero-order valence-electron chi connectivity index (χ0n) is 17.3. The maximum atomic E-state index is 12.5. The number of aromatic nitrogens is 2. The van der Waals surface area contributed by atoms with Crippen LogP contribution in [0.25, 0.3) is 10.8 Å². The predicted molar refractivity (Wildman–Crippen MR) is 119 cm³/mol. The summed E-state index contributed by atoms with van der Waals surface area (Å²) in [6.45, 7) is 4.77. The predicted octanol–water partition coefficient (Wildman–Crippen LogP) is 4.45.